The first-order chi connectivity index (χ1) is 19.5. The van der Waals surface area contributed by atoms with Crippen LogP contribution in [0.5, 0.6) is 11.5 Å². The van der Waals surface area contributed by atoms with Gasteiger partial charge in [-0.15, -0.1) is 0 Å². The first-order valence-electron chi connectivity index (χ1n) is 13.1. The fraction of sp³-hybridized carbons (Fsp3) is 0.267. The number of carboxylic acids is 1. The van der Waals surface area contributed by atoms with Crippen LogP contribution in [0.1, 0.15) is 37.7 Å². The van der Waals surface area contributed by atoms with Gasteiger partial charge in [-0.3, -0.25) is 9.48 Å². The molecule has 0 atom stereocenters. The number of carboxylic acid groups (broad SMARTS) is 1. The summed E-state index contributed by atoms with van der Waals surface area (Å²) >= 11 is 0. The fourth-order valence-electron chi connectivity index (χ4n) is 4.59. The van der Waals surface area contributed by atoms with Crippen LogP contribution < -0.4 is 14.8 Å². The molecule has 10 heteroatoms. The molecule has 0 aliphatic rings. The van der Waals surface area contributed by atoms with E-state index in [2.05, 4.69) is 20.4 Å². The second-order valence-electron chi connectivity index (χ2n) is 9.48. The summed E-state index contributed by atoms with van der Waals surface area (Å²) in [6, 6.07) is 16.1. The summed E-state index contributed by atoms with van der Waals surface area (Å²) in [6.45, 7) is 0.958. The Bertz CT molecular complexity index is 1640. The number of nitrogens with one attached hydrogen (secondary N) is 1. The number of methoxy groups -OCH3 is 1. The van der Waals surface area contributed by atoms with Gasteiger partial charge in [0.25, 0.3) is 0 Å². The van der Waals surface area contributed by atoms with Crippen LogP contribution in [0.3, 0.4) is 0 Å². The molecule has 0 bridgehead atoms. The summed E-state index contributed by atoms with van der Waals surface area (Å²) < 4.78 is 27.0. The zero-order valence-electron chi connectivity index (χ0n) is 22.1. The number of aromatic nitrogens is 4. The number of hydrogen-bond acceptors (Lipinski definition) is 7. The molecule has 0 radical (unpaired) electrons. The average Bonchev–Trinajstić information content (AvgIpc) is 3.34. The molecule has 0 spiro atoms. The number of carbonyl (C=O) groups is 1. The summed E-state index contributed by atoms with van der Waals surface area (Å²) in [5, 5.41) is 18.4. The van der Waals surface area contributed by atoms with Gasteiger partial charge in [-0.1, -0.05) is 25.0 Å². The third-order valence-corrected chi connectivity index (χ3v) is 6.59. The third kappa shape index (κ3) is 6.45. The van der Waals surface area contributed by atoms with Crippen molar-refractivity contribution in [1.82, 2.24) is 19.7 Å². The number of aliphatic carboxylic acids is 1. The maximum Gasteiger partial charge on any atom is 0.303 e. The van der Waals surface area contributed by atoms with E-state index in [1.165, 1.54) is 18.5 Å². The molecule has 5 aromatic rings. The van der Waals surface area contributed by atoms with Gasteiger partial charge in [-0.25, -0.2) is 14.4 Å². The highest BCUT2D eigenvalue weighted by molar-refractivity contribution is 5.94. The smallest absolute Gasteiger partial charge is 0.303 e. The van der Waals surface area contributed by atoms with E-state index in [1.807, 2.05) is 41.1 Å². The van der Waals surface area contributed by atoms with Crippen molar-refractivity contribution in [3.05, 3.63) is 78.5 Å². The van der Waals surface area contributed by atoms with Crippen LogP contribution in [0, 0.1) is 5.82 Å². The van der Waals surface area contributed by atoms with Crippen molar-refractivity contribution in [3.63, 3.8) is 0 Å². The van der Waals surface area contributed by atoms with Crippen molar-refractivity contribution in [2.24, 2.45) is 0 Å². The Morgan fingerprint density at radius 1 is 1.02 bits per heavy atom. The Hall–Kier alpha value is -4.73. The number of nitrogens with zero attached hydrogens (tertiary/aromatic N) is 4. The molecule has 206 valence electrons. The van der Waals surface area contributed by atoms with Gasteiger partial charge in [0.2, 0.25) is 0 Å². The normalized spacial score (nSPS) is 11.2. The molecule has 40 heavy (non-hydrogen) atoms. The van der Waals surface area contributed by atoms with E-state index in [0.717, 1.165) is 46.8 Å². The van der Waals surface area contributed by atoms with Gasteiger partial charge in [0.05, 0.1) is 37.5 Å². The molecule has 0 amide bonds. The van der Waals surface area contributed by atoms with Crippen molar-refractivity contribution in [2.75, 3.05) is 19.0 Å². The second-order valence-corrected chi connectivity index (χ2v) is 9.48. The Labute approximate surface area is 230 Å². The van der Waals surface area contributed by atoms with Crippen LogP contribution in [-0.4, -0.2) is 44.5 Å². The zero-order valence-corrected chi connectivity index (χ0v) is 22.1. The number of halogens is 1. The van der Waals surface area contributed by atoms with E-state index in [9.17, 15) is 9.18 Å². The Morgan fingerprint density at radius 3 is 2.73 bits per heavy atom. The molecule has 0 saturated carbocycles. The molecule has 0 unspecified atom stereocenters. The predicted molar refractivity (Wildman–Crippen MR) is 151 cm³/mol. The van der Waals surface area contributed by atoms with Crippen LogP contribution in [0.2, 0.25) is 0 Å². The molecule has 0 aliphatic heterocycles. The molecule has 0 saturated heterocycles. The van der Waals surface area contributed by atoms with Crippen molar-refractivity contribution >= 4 is 39.3 Å². The van der Waals surface area contributed by atoms with Crippen molar-refractivity contribution in [3.8, 4) is 11.5 Å². The number of anilines is 2. The first-order valence-corrected chi connectivity index (χ1v) is 13.1. The van der Waals surface area contributed by atoms with Crippen molar-refractivity contribution in [1.29, 1.82) is 0 Å². The first kappa shape index (κ1) is 26.9. The van der Waals surface area contributed by atoms with Gasteiger partial charge in [0, 0.05) is 28.9 Å². The maximum atomic E-state index is 13.6. The number of fused-ring (bicyclic) bond motifs is 2. The average molecular weight is 544 g/mol. The maximum absolute atomic E-state index is 13.6. The van der Waals surface area contributed by atoms with E-state index in [-0.39, 0.29) is 12.2 Å². The molecule has 0 aliphatic carbocycles. The van der Waals surface area contributed by atoms with E-state index in [0.29, 0.717) is 42.4 Å². The number of ether oxygens (including phenoxy) is 2. The van der Waals surface area contributed by atoms with Crippen molar-refractivity contribution < 1.29 is 23.8 Å². The zero-order chi connectivity index (χ0) is 27.9. The number of hydrogen-bond donors (Lipinski definition) is 2. The lowest BCUT2D eigenvalue weighted by molar-refractivity contribution is -0.137. The molecule has 9 nitrogen and oxygen atoms in total. The number of benzene rings is 3. The largest absolute Gasteiger partial charge is 0.493 e. The van der Waals surface area contributed by atoms with Gasteiger partial charge < -0.3 is 19.9 Å². The SMILES string of the molecule is COc1cc2ncnc(Nc3ccc4c(cnn4Cc4cccc(F)c4)c3)c2cc1OCCCCCCC(=O)O. The Kier molecular flexibility index (Phi) is 8.34. The minimum atomic E-state index is -0.764. The highest BCUT2D eigenvalue weighted by Gasteiger charge is 2.13. The summed E-state index contributed by atoms with van der Waals surface area (Å²) in [4.78, 5) is 19.5. The van der Waals surface area contributed by atoms with E-state index >= 15 is 0 Å². The lowest BCUT2D eigenvalue weighted by atomic mass is 10.1. The molecule has 3 aromatic carbocycles. The molecule has 2 aromatic heterocycles. The minimum absolute atomic E-state index is 0.194. The highest BCUT2D eigenvalue weighted by Crippen LogP contribution is 2.35. The van der Waals surface area contributed by atoms with Crippen molar-refractivity contribution in [2.45, 2.75) is 38.6 Å². The summed E-state index contributed by atoms with van der Waals surface area (Å²) in [5.74, 6) is 0.761. The quantitative estimate of drug-likeness (QED) is 0.166. The van der Waals surface area contributed by atoms with Gasteiger partial charge >= 0.3 is 5.97 Å². The summed E-state index contributed by atoms with van der Waals surface area (Å²) in [7, 11) is 1.59. The van der Waals surface area contributed by atoms with Crippen LogP contribution in [0.25, 0.3) is 21.8 Å². The Balaban J connectivity index is 1.31. The molecule has 0 fully saturated rings. The van der Waals surface area contributed by atoms with E-state index in [1.54, 1.807) is 19.4 Å². The van der Waals surface area contributed by atoms with Gasteiger partial charge in [-0.2, -0.15) is 5.10 Å². The van der Waals surface area contributed by atoms with E-state index < -0.39 is 5.97 Å². The minimum Gasteiger partial charge on any atom is -0.493 e. The Morgan fingerprint density at radius 2 is 1.90 bits per heavy atom. The van der Waals surface area contributed by atoms with Crippen LogP contribution in [0.4, 0.5) is 15.9 Å². The number of rotatable bonds is 13. The lowest BCUT2D eigenvalue weighted by Crippen LogP contribution is -2.02. The monoisotopic (exact) mass is 543 g/mol. The number of unbranched alkanes of at least 4 members (excludes halogenated alkanes) is 3. The second kappa shape index (κ2) is 12.4. The fourth-order valence-corrected chi connectivity index (χ4v) is 4.59. The van der Waals surface area contributed by atoms with Gasteiger partial charge in [-0.05, 0) is 54.8 Å². The highest BCUT2D eigenvalue weighted by atomic mass is 19.1. The molecular formula is C30H30FN5O4. The van der Waals surface area contributed by atoms with Crippen LogP contribution in [-0.2, 0) is 11.3 Å². The van der Waals surface area contributed by atoms with E-state index in [4.69, 9.17) is 14.6 Å². The van der Waals surface area contributed by atoms with Crippen LogP contribution in [0.15, 0.2) is 67.1 Å². The molecule has 5 rings (SSSR count). The van der Waals surface area contributed by atoms with Gasteiger partial charge in [0.15, 0.2) is 11.5 Å². The standard InChI is InChI=1S/C30H30FN5O4/c1-39-27-16-25-24(15-28(27)40-12-5-3-2-4-9-29(37)38)30(33-19-32-25)35-23-10-11-26-21(14-23)17-34-36(26)18-20-7-6-8-22(31)13-20/h6-8,10-11,13-17,19H,2-5,9,12,18H2,1H3,(H,37,38)(H,32,33,35). The predicted octanol–water partition coefficient (Wildman–Crippen LogP) is 6.33. The topological polar surface area (TPSA) is 111 Å². The third-order valence-electron chi connectivity index (χ3n) is 6.59. The lowest BCUT2D eigenvalue weighted by Gasteiger charge is -2.14. The summed E-state index contributed by atoms with van der Waals surface area (Å²) in [6.07, 6.45) is 6.69. The van der Waals surface area contributed by atoms with Gasteiger partial charge in [0.1, 0.15) is 18.0 Å². The molecule has 2 heterocycles. The molecular weight excluding hydrogens is 513 g/mol. The molecule has 2 N–H and O–H groups in total. The van der Waals surface area contributed by atoms with Crippen LogP contribution >= 0.6 is 0 Å². The summed E-state index contributed by atoms with van der Waals surface area (Å²) in [5.41, 5.74) is 3.31.